The van der Waals surface area contributed by atoms with Gasteiger partial charge in [-0.3, -0.25) is 14.7 Å². The molecule has 5 rings (SSSR count). The summed E-state index contributed by atoms with van der Waals surface area (Å²) in [4.78, 5) is 17.6. The summed E-state index contributed by atoms with van der Waals surface area (Å²) in [5, 5.41) is 31.1. The number of fused-ring (bicyclic) bond motifs is 1. The van der Waals surface area contributed by atoms with Gasteiger partial charge in [-0.1, -0.05) is 0 Å². The molecule has 3 aromatic heterocycles. The zero-order valence-electron chi connectivity index (χ0n) is 18.8. The number of rotatable bonds is 7. The highest BCUT2D eigenvalue weighted by Crippen LogP contribution is 2.40. The third kappa shape index (κ3) is 4.50. The topological polar surface area (TPSA) is 123 Å². The van der Waals surface area contributed by atoms with Crippen LogP contribution in [-0.2, 0) is 19.4 Å². The second-order valence-corrected chi connectivity index (χ2v) is 9.96. The minimum absolute atomic E-state index is 0.0324. The van der Waals surface area contributed by atoms with Crippen LogP contribution in [0.3, 0.4) is 0 Å². The molecule has 0 unspecified atom stereocenters. The zero-order valence-corrected chi connectivity index (χ0v) is 20.4. The van der Waals surface area contributed by atoms with Crippen molar-refractivity contribution >= 4 is 40.0 Å². The van der Waals surface area contributed by atoms with Gasteiger partial charge in [0.2, 0.25) is 0 Å². The molecule has 0 spiro atoms. The predicted octanol–water partition coefficient (Wildman–Crippen LogP) is 6.18. The van der Waals surface area contributed by atoms with E-state index in [1.165, 1.54) is 40.1 Å². The summed E-state index contributed by atoms with van der Waals surface area (Å²) in [5.74, 6) is 1.22. The Morgan fingerprint density at radius 1 is 1.34 bits per heavy atom. The molecule has 1 aliphatic carbocycles. The van der Waals surface area contributed by atoms with E-state index in [1.54, 1.807) is 24.6 Å². The molecule has 9 nitrogen and oxygen atoms in total. The monoisotopic (exact) mass is 504 g/mol. The molecule has 0 saturated heterocycles. The van der Waals surface area contributed by atoms with Gasteiger partial charge in [0, 0.05) is 40.2 Å². The predicted molar refractivity (Wildman–Crippen MR) is 134 cm³/mol. The Morgan fingerprint density at radius 3 is 2.94 bits per heavy atom. The molecule has 176 valence electrons. The molecule has 1 aromatic carbocycles. The summed E-state index contributed by atoms with van der Waals surface area (Å²) in [6.07, 6.45) is 7.24. The molecule has 4 aromatic rings. The van der Waals surface area contributed by atoms with Crippen molar-refractivity contribution in [2.45, 2.75) is 49.2 Å². The molecule has 1 aliphatic rings. The van der Waals surface area contributed by atoms with Crippen LogP contribution in [0.5, 0.6) is 0 Å². The first-order chi connectivity index (χ1) is 17.1. The maximum absolute atomic E-state index is 11.4. The number of non-ortho nitro benzene ring substituents is 1. The van der Waals surface area contributed by atoms with Crippen LogP contribution in [0.4, 0.5) is 10.7 Å². The van der Waals surface area contributed by atoms with Gasteiger partial charge >= 0.3 is 0 Å². The summed E-state index contributed by atoms with van der Waals surface area (Å²) in [5.41, 5.74) is 2.26. The Morgan fingerprint density at radius 2 is 2.20 bits per heavy atom. The lowest BCUT2D eigenvalue weighted by molar-refractivity contribution is -0.384. The molecule has 35 heavy (non-hydrogen) atoms. The van der Waals surface area contributed by atoms with E-state index in [9.17, 15) is 15.4 Å². The average Bonchev–Trinajstić information content (AvgIpc) is 3.61. The fraction of sp³-hybridized carbons (Fsp3) is 0.250. The molecule has 0 fully saturated rings. The van der Waals surface area contributed by atoms with Crippen LogP contribution >= 0.6 is 23.1 Å². The molecule has 11 heteroatoms. The van der Waals surface area contributed by atoms with Crippen LogP contribution in [0.15, 0.2) is 56.1 Å². The van der Waals surface area contributed by atoms with Gasteiger partial charge in [-0.15, -0.1) is 21.5 Å². The van der Waals surface area contributed by atoms with Crippen molar-refractivity contribution in [2.75, 3.05) is 0 Å². The van der Waals surface area contributed by atoms with E-state index >= 15 is 0 Å². The van der Waals surface area contributed by atoms with Crippen LogP contribution in [0.25, 0.3) is 11.6 Å². The lowest BCUT2D eigenvalue weighted by Gasteiger charge is -2.09. The SMILES string of the molecule is CCn1c(Sc2ccc([N+](=O)[O-])cc2C=Nc2sc3c(c2C#N)CCCC3)nnc1-c1ccco1. The lowest BCUT2D eigenvalue weighted by atomic mass is 9.96. The Kier molecular flexibility index (Phi) is 6.48. The van der Waals surface area contributed by atoms with Gasteiger partial charge in [-0.05, 0) is 68.1 Å². The number of hydrogen-bond donors (Lipinski definition) is 0. The minimum Gasteiger partial charge on any atom is -0.461 e. The fourth-order valence-corrected chi connectivity index (χ4v) is 6.22. The van der Waals surface area contributed by atoms with Crippen LogP contribution in [-0.4, -0.2) is 25.9 Å². The number of aromatic nitrogens is 3. The smallest absolute Gasteiger partial charge is 0.270 e. The van der Waals surface area contributed by atoms with Crippen molar-refractivity contribution in [3.63, 3.8) is 0 Å². The Balaban J connectivity index is 1.52. The summed E-state index contributed by atoms with van der Waals surface area (Å²) in [7, 11) is 0. The van der Waals surface area contributed by atoms with Crippen LogP contribution in [0.2, 0.25) is 0 Å². The highest BCUT2D eigenvalue weighted by atomic mass is 32.2. The van der Waals surface area contributed by atoms with Crippen LogP contribution < -0.4 is 0 Å². The first-order valence-corrected chi connectivity index (χ1v) is 12.7. The van der Waals surface area contributed by atoms with Crippen LogP contribution in [0, 0.1) is 21.4 Å². The maximum Gasteiger partial charge on any atom is 0.270 e. The van der Waals surface area contributed by atoms with E-state index in [0.29, 0.717) is 39.4 Å². The Bertz CT molecular complexity index is 1460. The average molecular weight is 505 g/mol. The molecule has 0 bridgehead atoms. The molecule has 0 atom stereocenters. The van der Waals surface area contributed by atoms with Crippen molar-refractivity contribution in [3.05, 3.63) is 68.3 Å². The van der Waals surface area contributed by atoms with Crippen LogP contribution in [0.1, 0.15) is 41.3 Å². The van der Waals surface area contributed by atoms with Gasteiger partial charge < -0.3 is 4.42 Å². The van der Waals surface area contributed by atoms with E-state index < -0.39 is 4.92 Å². The van der Waals surface area contributed by atoms with Gasteiger partial charge in [0.05, 0.1) is 16.7 Å². The highest BCUT2D eigenvalue weighted by molar-refractivity contribution is 7.99. The molecular weight excluding hydrogens is 484 g/mol. The fourth-order valence-electron chi connectivity index (χ4n) is 4.06. The minimum atomic E-state index is -0.431. The standard InChI is InChI=1S/C24H20N6O3S2/c1-2-29-22(19-7-5-11-33-19)27-28-24(29)35-20-10-9-16(30(31)32)12-15(20)14-26-23-18(13-25)17-6-3-4-8-21(17)34-23/h5,7,9-12,14H,2-4,6,8H2,1H3. The van der Waals surface area contributed by atoms with E-state index in [4.69, 9.17) is 4.42 Å². The number of nitro groups is 1. The molecule has 0 N–H and O–H groups in total. The number of aliphatic imine (C=N–C) groups is 1. The van der Waals surface area contributed by atoms with E-state index in [-0.39, 0.29) is 5.69 Å². The molecule has 0 radical (unpaired) electrons. The summed E-state index contributed by atoms with van der Waals surface area (Å²) in [6.45, 7) is 2.61. The Labute approximate surface area is 209 Å². The van der Waals surface area contributed by atoms with Gasteiger partial charge in [0.1, 0.15) is 11.1 Å². The molecule has 3 heterocycles. The highest BCUT2D eigenvalue weighted by Gasteiger charge is 2.21. The second kappa shape index (κ2) is 9.85. The van der Waals surface area contributed by atoms with E-state index in [2.05, 4.69) is 21.3 Å². The Hall–Kier alpha value is -3.75. The zero-order chi connectivity index (χ0) is 24.4. The quantitative estimate of drug-likeness (QED) is 0.167. The summed E-state index contributed by atoms with van der Waals surface area (Å²) in [6, 6.07) is 10.6. The molecule has 0 saturated carbocycles. The molecular formula is C24H20N6O3S2. The van der Waals surface area contributed by atoms with Crippen molar-refractivity contribution in [2.24, 2.45) is 4.99 Å². The van der Waals surface area contributed by atoms with Gasteiger partial charge in [-0.2, -0.15) is 5.26 Å². The number of nitro benzene ring substituents is 1. The number of nitriles is 1. The van der Waals surface area contributed by atoms with E-state index in [1.807, 2.05) is 17.6 Å². The number of aryl methyl sites for hydroxylation is 1. The summed E-state index contributed by atoms with van der Waals surface area (Å²) >= 11 is 2.88. The first kappa shape index (κ1) is 23.0. The third-order valence-corrected chi connectivity index (χ3v) is 8.04. The number of benzene rings is 1. The normalized spacial score (nSPS) is 13.1. The third-order valence-electron chi connectivity index (χ3n) is 5.77. The van der Waals surface area contributed by atoms with Gasteiger partial charge in [-0.25, -0.2) is 4.99 Å². The lowest BCUT2D eigenvalue weighted by Crippen LogP contribution is -2.00. The second-order valence-electron chi connectivity index (χ2n) is 7.87. The number of hydrogen-bond acceptors (Lipinski definition) is 9. The number of thiophene rings is 1. The number of nitrogens with zero attached hydrogens (tertiary/aromatic N) is 6. The number of furan rings is 1. The van der Waals surface area contributed by atoms with Gasteiger partial charge in [0.15, 0.2) is 16.7 Å². The van der Waals surface area contributed by atoms with Gasteiger partial charge in [0.25, 0.3) is 5.69 Å². The van der Waals surface area contributed by atoms with Crippen molar-refractivity contribution in [1.29, 1.82) is 5.26 Å². The van der Waals surface area contributed by atoms with E-state index in [0.717, 1.165) is 36.1 Å². The molecule has 0 aliphatic heterocycles. The van der Waals surface area contributed by atoms with Crippen molar-refractivity contribution < 1.29 is 9.34 Å². The largest absolute Gasteiger partial charge is 0.461 e. The van der Waals surface area contributed by atoms with Crippen molar-refractivity contribution in [3.8, 4) is 17.7 Å². The summed E-state index contributed by atoms with van der Waals surface area (Å²) < 4.78 is 7.40. The first-order valence-electron chi connectivity index (χ1n) is 11.1. The maximum atomic E-state index is 11.4. The molecule has 0 amide bonds. The van der Waals surface area contributed by atoms with Crippen molar-refractivity contribution in [1.82, 2.24) is 14.8 Å².